The SMILES string of the molecule is CC(C)c1noc([C@@H](C)Sc2nc(-c3ccco3)nc3ccccc23)n1. The van der Waals surface area contributed by atoms with Crippen LogP contribution in [0.3, 0.4) is 0 Å². The Hall–Kier alpha value is -2.67. The fraction of sp³-hybridized carbons (Fsp3) is 0.263. The lowest BCUT2D eigenvalue weighted by Crippen LogP contribution is -1.96. The van der Waals surface area contributed by atoms with Crippen LogP contribution in [0.5, 0.6) is 0 Å². The lowest BCUT2D eigenvalue weighted by Gasteiger charge is -2.10. The van der Waals surface area contributed by atoms with Gasteiger partial charge in [-0.2, -0.15) is 4.98 Å². The summed E-state index contributed by atoms with van der Waals surface area (Å²) in [6.45, 7) is 6.12. The van der Waals surface area contributed by atoms with Gasteiger partial charge < -0.3 is 8.94 Å². The lowest BCUT2D eigenvalue weighted by atomic mass is 10.2. The van der Waals surface area contributed by atoms with E-state index in [1.54, 1.807) is 18.0 Å². The summed E-state index contributed by atoms with van der Waals surface area (Å²) in [5, 5.41) is 5.87. The maximum Gasteiger partial charge on any atom is 0.239 e. The van der Waals surface area contributed by atoms with Crippen molar-refractivity contribution in [2.75, 3.05) is 0 Å². The fourth-order valence-electron chi connectivity index (χ4n) is 2.52. The van der Waals surface area contributed by atoms with Crippen LogP contribution in [-0.2, 0) is 0 Å². The van der Waals surface area contributed by atoms with Crippen LogP contribution in [0.25, 0.3) is 22.5 Å². The van der Waals surface area contributed by atoms with E-state index in [1.165, 1.54) is 0 Å². The summed E-state index contributed by atoms with van der Waals surface area (Å²) >= 11 is 1.57. The van der Waals surface area contributed by atoms with Crippen LogP contribution in [-0.4, -0.2) is 20.1 Å². The molecule has 6 nitrogen and oxygen atoms in total. The molecule has 132 valence electrons. The molecule has 0 bridgehead atoms. The van der Waals surface area contributed by atoms with Crippen LogP contribution < -0.4 is 0 Å². The van der Waals surface area contributed by atoms with Crippen molar-refractivity contribution in [2.45, 2.75) is 37.0 Å². The van der Waals surface area contributed by atoms with Crippen LogP contribution in [0, 0.1) is 0 Å². The summed E-state index contributed by atoms with van der Waals surface area (Å²) in [6, 6.07) is 11.6. The van der Waals surface area contributed by atoms with Gasteiger partial charge in [-0.1, -0.05) is 49.0 Å². The number of nitrogens with zero attached hydrogens (tertiary/aromatic N) is 4. The normalized spacial score (nSPS) is 12.8. The molecule has 0 radical (unpaired) electrons. The molecule has 0 aliphatic rings. The average molecular weight is 366 g/mol. The minimum Gasteiger partial charge on any atom is -0.461 e. The van der Waals surface area contributed by atoms with Crippen molar-refractivity contribution in [3.8, 4) is 11.6 Å². The molecule has 0 fully saturated rings. The highest BCUT2D eigenvalue weighted by Gasteiger charge is 2.20. The van der Waals surface area contributed by atoms with E-state index in [0.29, 0.717) is 17.5 Å². The molecule has 4 rings (SSSR count). The number of hydrogen-bond donors (Lipinski definition) is 0. The third-order valence-corrected chi connectivity index (χ3v) is 5.01. The standard InChI is InChI=1S/C19H18N4O2S/c1-11(2)16-21-18(25-23-16)12(3)26-19-13-7-4-5-8-14(13)20-17(22-19)15-9-6-10-24-15/h4-12H,1-3H3/t12-/m1/s1. The summed E-state index contributed by atoms with van der Waals surface area (Å²) < 4.78 is 10.9. The number of hydrogen-bond acceptors (Lipinski definition) is 7. The van der Waals surface area contributed by atoms with Crippen LogP contribution in [0.15, 0.2) is 56.6 Å². The molecule has 4 aromatic rings. The predicted molar refractivity (Wildman–Crippen MR) is 99.9 cm³/mol. The first kappa shape index (κ1) is 16.8. The van der Waals surface area contributed by atoms with E-state index in [0.717, 1.165) is 21.8 Å². The second kappa shape index (κ2) is 6.92. The van der Waals surface area contributed by atoms with Gasteiger partial charge in [-0.3, -0.25) is 0 Å². The van der Waals surface area contributed by atoms with Gasteiger partial charge >= 0.3 is 0 Å². The van der Waals surface area contributed by atoms with E-state index in [-0.39, 0.29) is 11.2 Å². The monoisotopic (exact) mass is 366 g/mol. The van der Waals surface area contributed by atoms with Crippen molar-refractivity contribution in [3.05, 3.63) is 54.4 Å². The van der Waals surface area contributed by atoms with Crippen molar-refractivity contribution in [1.29, 1.82) is 0 Å². The van der Waals surface area contributed by atoms with Crippen molar-refractivity contribution >= 4 is 22.7 Å². The van der Waals surface area contributed by atoms with Crippen LogP contribution in [0.2, 0.25) is 0 Å². The topological polar surface area (TPSA) is 77.8 Å². The Morgan fingerprint density at radius 1 is 0.962 bits per heavy atom. The third-order valence-electron chi connectivity index (χ3n) is 3.92. The fourth-order valence-corrected chi connectivity index (χ4v) is 3.49. The van der Waals surface area contributed by atoms with Gasteiger partial charge in [0.05, 0.1) is 17.0 Å². The third kappa shape index (κ3) is 3.22. The van der Waals surface area contributed by atoms with Gasteiger partial charge in [0.25, 0.3) is 0 Å². The van der Waals surface area contributed by atoms with E-state index in [1.807, 2.05) is 57.2 Å². The Bertz CT molecular complexity index is 1030. The van der Waals surface area contributed by atoms with E-state index in [4.69, 9.17) is 13.9 Å². The Labute approximate surface area is 155 Å². The zero-order chi connectivity index (χ0) is 18.1. The van der Waals surface area contributed by atoms with Gasteiger partial charge in [-0.25, -0.2) is 9.97 Å². The highest BCUT2D eigenvalue weighted by atomic mass is 32.2. The van der Waals surface area contributed by atoms with Gasteiger partial charge in [0.15, 0.2) is 17.4 Å². The predicted octanol–water partition coefficient (Wildman–Crippen LogP) is 5.25. The minimum absolute atomic E-state index is 0.0299. The molecule has 0 aliphatic carbocycles. The first-order valence-electron chi connectivity index (χ1n) is 8.42. The molecule has 0 aliphatic heterocycles. The van der Waals surface area contributed by atoms with Gasteiger partial charge in [0.2, 0.25) is 5.89 Å². The second-order valence-electron chi connectivity index (χ2n) is 6.25. The van der Waals surface area contributed by atoms with Crippen LogP contribution in [0.1, 0.15) is 43.7 Å². The zero-order valence-electron chi connectivity index (χ0n) is 14.7. The van der Waals surface area contributed by atoms with E-state index in [2.05, 4.69) is 15.1 Å². The Morgan fingerprint density at radius 3 is 2.54 bits per heavy atom. The highest BCUT2D eigenvalue weighted by Crippen LogP contribution is 2.37. The molecule has 0 spiro atoms. The van der Waals surface area contributed by atoms with Crippen molar-refractivity contribution in [1.82, 2.24) is 20.1 Å². The smallest absolute Gasteiger partial charge is 0.239 e. The molecule has 0 saturated heterocycles. The number of aromatic nitrogens is 4. The number of rotatable bonds is 5. The van der Waals surface area contributed by atoms with Gasteiger partial charge in [0.1, 0.15) is 5.03 Å². The Balaban J connectivity index is 1.72. The highest BCUT2D eigenvalue weighted by molar-refractivity contribution is 7.99. The summed E-state index contributed by atoms with van der Waals surface area (Å²) in [6.07, 6.45) is 1.62. The molecule has 7 heteroatoms. The molecular weight excluding hydrogens is 348 g/mol. The number of furan rings is 1. The minimum atomic E-state index is -0.0299. The van der Waals surface area contributed by atoms with Gasteiger partial charge in [-0.15, -0.1) is 0 Å². The number of para-hydroxylation sites is 1. The van der Waals surface area contributed by atoms with E-state index >= 15 is 0 Å². The van der Waals surface area contributed by atoms with Crippen molar-refractivity contribution < 1.29 is 8.94 Å². The molecular formula is C19H18N4O2S. The number of benzene rings is 1. The quantitative estimate of drug-likeness (QED) is 0.352. The molecule has 1 atom stereocenters. The summed E-state index contributed by atoms with van der Waals surface area (Å²) in [5.41, 5.74) is 0.872. The van der Waals surface area contributed by atoms with E-state index < -0.39 is 0 Å². The average Bonchev–Trinajstić information content (AvgIpc) is 3.33. The first-order valence-corrected chi connectivity index (χ1v) is 9.30. The molecule has 26 heavy (non-hydrogen) atoms. The summed E-state index contributed by atoms with van der Waals surface area (Å²) in [5.74, 6) is 2.76. The molecule has 0 amide bonds. The molecule has 0 unspecified atom stereocenters. The largest absolute Gasteiger partial charge is 0.461 e. The van der Waals surface area contributed by atoms with Gasteiger partial charge in [-0.05, 0) is 25.1 Å². The molecule has 0 saturated carbocycles. The Kier molecular flexibility index (Phi) is 4.46. The number of fused-ring (bicyclic) bond motifs is 1. The summed E-state index contributed by atoms with van der Waals surface area (Å²) in [4.78, 5) is 13.8. The molecule has 3 aromatic heterocycles. The maximum atomic E-state index is 5.47. The molecule has 0 N–H and O–H groups in total. The Morgan fingerprint density at radius 2 is 1.81 bits per heavy atom. The maximum absolute atomic E-state index is 5.47. The van der Waals surface area contributed by atoms with Crippen LogP contribution >= 0.6 is 11.8 Å². The van der Waals surface area contributed by atoms with E-state index in [9.17, 15) is 0 Å². The zero-order valence-corrected chi connectivity index (χ0v) is 15.5. The second-order valence-corrected chi connectivity index (χ2v) is 7.58. The number of thioether (sulfide) groups is 1. The van der Waals surface area contributed by atoms with Crippen molar-refractivity contribution in [3.63, 3.8) is 0 Å². The lowest BCUT2D eigenvalue weighted by molar-refractivity contribution is 0.373. The first-order chi connectivity index (χ1) is 12.6. The molecule has 1 aromatic carbocycles. The van der Waals surface area contributed by atoms with Crippen molar-refractivity contribution in [2.24, 2.45) is 0 Å². The molecule has 3 heterocycles. The van der Waals surface area contributed by atoms with Crippen LogP contribution in [0.4, 0.5) is 0 Å². The van der Waals surface area contributed by atoms with Gasteiger partial charge in [0, 0.05) is 11.3 Å². The summed E-state index contributed by atoms with van der Waals surface area (Å²) in [7, 11) is 0.